The largest absolute Gasteiger partial charge is 0.378 e. The second-order valence-electron chi connectivity index (χ2n) is 6.73. The minimum atomic E-state index is 0.579. The number of aryl methyl sites for hydroxylation is 3. The van der Waals surface area contributed by atoms with E-state index < -0.39 is 0 Å². The molecule has 3 aromatic rings. The van der Waals surface area contributed by atoms with Crippen molar-refractivity contribution in [1.29, 1.82) is 0 Å². The van der Waals surface area contributed by atoms with Crippen molar-refractivity contribution in [3.05, 3.63) is 65.4 Å². The lowest BCUT2D eigenvalue weighted by Gasteiger charge is -2.14. The first kappa shape index (κ1) is 17.7. The zero-order chi connectivity index (χ0) is 18.7. The number of hydrogen-bond donors (Lipinski definition) is 2. The first-order valence-electron chi connectivity index (χ1n) is 8.65. The molecule has 0 radical (unpaired) electrons. The molecule has 0 aliphatic rings. The van der Waals surface area contributed by atoms with Crippen LogP contribution in [0.1, 0.15) is 16.8 Å². The molecule has 0 spiro atoms. The van der Waals surface area contributed by atoms with Gasteiger partial charge in [0.15, 0.2) is 0 Å². The van der Waals surface area contributed by atoms with Gasteiger partial charge in [0.1, 0.15) is 5.82 Å². The summed E-state index contributed by atoms with van der Waals surface area (Å²) in [7, 11) is 4.05. The first-order valence-corrected chi connectivity index (χ1v) is 8.65. The van der Waals surface area contributed by atoms with E-state index in [9.17, 15) is 0 Å². The summed E-state index contributed by atoms with van der Waals surface area (Å²) in [5, 5.41) is 6.67. The van der Waals surface area contributed by atoms with Crippen LogP contribution in [-0.4, -0.2) is 24.1 Å². The molecule has 1 heterocycles. The maximum atomic E-state index is 4.60. The fourth-order valence-electron chi connectivity index (χ4n) is 2.75. The molecular formula is C21H25N5. The first-order chi connectivity index (χ1) is 12.4. The topological polar surface area (TPSA) is 53.1 Å². The van der Waals surface area contributed by atoms with Crippen molar-refractivity contribution in [3.8, 4) is 0 Å². The van der Waals surface area contributed by atoms with Crippen LogP contribution < -0.4 is 15.5 Å². The predicted molar refractivity (Wildman–Crippen MR) is 110 cm³/mol. The van der Waals surface area contributed by atoms with Crippen LogP contribution in [0.25, 0.3) is 0 Å². The highest BCUT2D eigenvalue weighted by atomic mass is 15.1. The lowest BCUT2D eigenvalue weighted by Crippen LogP contribution is -2.08. The second kappa shape index (κ2) is 7.44. The average Bonchev–Trinajstić information content (AvgIpc) is 2.57. The van der Waals surface area contributed by atoms with E-state index in [2.05, 4.69) is 69.7 Å². The van der Waals surface area contributed by atoms with Crippen LogP contribution >= 0.6 is 0 Å². The molecule has 0 saturated heterocycles. The fourth-order valence-corrected chi connectivity index (χ4v) is 2.75. The number of aromatic nitrogens is 2. The Morgan fingerprint density at radius 2 is 1.54 bits per heavy atom. The third-order valence-corrected chi connectivity index (χ3v) is 4.14. The third kappa shape index (κ3) is 4.30. The van der Waals surface area contributed by atoms with Crippen molar-refractivity contribution in [2.24, 2.45) is 0 Å². The van der Waals surface area contributed by atoms with Crippen molar-refractivity contribution in [3.63, 3.8) is 0 Å². The highest BCUT2D eigenvalue weighted by Crippen LogP contribution is 2.23. The predicted octanol–water partition coefficient (Wildman–Crippen LogP) is 4.96. The van der Waals surface area contributed by atoms with E-state index >= 15 is 0 Å². The zero-order valence-electron chi connectivity index (χ0n) is 16.0. The maximum Gasteiger partial charge on any atom is 0.229 e. The molecule has 0 aliphatic heterocycles. The van der Waals surface area contributed by atoms with E-state index in [4.69, 9.17) is 0 Å². The van der Waals surface area contributed by atoms with Crippen LogP contribution in [-0.2, 0) is 0 Å². The Hall–Kier alpha value is -3.08. The molecule has 2 aromatic carbocycles. The van der Waals surface area contributed by atoms with Crippen molar-refractivity contribution in [1.82, 2.24) is 9.97 Å². The second-order valence-corrected chi connectivity index (χ2v) is 6.73. The van der Waals surface area contributed by atoms with Gasteiger partial charge in [-0.05, 0) is 56.7 Å². The Kier molecular flexibility index (Phi) is 5.07. The van der Waals surface area contributed by atoms with Crippen molar-refractivity contribution >= 4 is 28.8 Å². The highest BCUT2D eigenvalue weighted by Gasteiger charge is 2.06. The fraction of sp³-hybridized carbons (Fsp3) is 0.238. The third-order valence-electron chi connectivity index (χ3n) is 4.14. The van der Waals surface area contributed by atoms with E-state index in [-0.39, 0.29) is 0 Å². The Morgan fingerprint density at radius 3 is 2.19 bits per heavy atom. The zero-order valence-corrected chi connectivity index (χ0v) is 16.0. The normalized spacial score (nSPS) is 10.5. The van der Waals surface area contributed by atoms with Gasteiger partial charge in [0.05, 0.1) is 0 Å². The summed E-state index contributed by atoms with van der Waals surface area (Å²) in [6.45, 7) is 6.15. The van der Waals surface area contributed by atoms with Gasteiger partial charge in [-0.15, -0.1) is 0 Å². The van der Waals surface area contributed by atoms with E-state index in [0.717, 1.165) is 28.6 Å². The van der Waals surface area contributed by atoms with Crippen molar-refractivity contribution < 1.29 is 0 Å². The number of nitrogens with zero attached hydrogens (tertiary/aromatic N) is 3. The van der Waals surface area contributed by atoms with Gasteiger partial charge < -0.3 is 15.5 Å². The molecule has 134 valence electrons. The molecule has 0 bridgehead atoms. The number of hydrogen-bond acceptors (Lipinski definition) is 5. The van der Waals surface area contributed by atoms with Crippen molar-refractivity contribution in [2.75, 3.05) is 29.6 Å². The number of benzene rings is 2. The molecule has 5 heteroatoms. The van der Waals surface area contributed by atoms with Gasteiger partial charge in [0.2, 0.25) is 5.95 Å². The molecule has 0 fully saturated rings. The Morgan fingerprint density at radius 1 is 0.808 bits per heavy atom. The Bertz CT molecular complexity index is 901. The van der Waals surface area contributed by atoms with Crippen LogP contribution in [0.4, 0.5) is 28.8 Å². The summed E-state index contributed by atoms with van der Waals surface area (Å²) in [6.07, 6.45) is 0. The van der Waals surface area contributed by atoms with Crippen molar-refractivity contribution in [2.45, 2.75) is 20.8 Å². The van der Waals surface area contributed by atoms with Crippen LogP contribution in [0.3, 0.4) is 0 Å². The van der Waals surface area contributed by atoms with E-state index in [1.165, 1.54) is 11.1 Å². The van der Waals surface area contributed by atoms with Crippen LogP contribution in [0.2, 0.25) is 0 Å². The van der Waals surface area contributed by atoms with E-state index in [1.54, 1.807) is 0 Å². The molecule has 5 nitrogen and oxygen atoms in total. The smallest absolute Gasteiger partial charge is 0.229 e. The van der Waals surface area contributed by atoms with Gasteiger partial charge in [0, 0.05) is 42.9 Å². The highest BCUT2D eigenvalue weighted by molar-refractivity contribution is 5.64. The van der Waals surface area contributed by atoms with Crippen LogP contribution in [0, 0.1) is 20.8 Å². The molecule has 1 aromatic heterocycles. The molecule has 26 heavy (non-hydrogen) atoms. The molecule has 0 amide bonds. The summed E-state index contributed by atoms with van der Waals surface area (Å²) >= 11 is 0. The molecule has 0 aliphatic carbocycles. The van der Waals surface area contributed by atoms with Gasteiger partial charge in [-0.3, -0.25) is 0 Å². The van der Waals surface area contributed by atoms with Gasteiger partial charge in [0.25, 0.3) is 0 Å². The monoisotopic (exact) mass is 347 g/mol. The lowest BCUT2D eigenvalue weighted by atomic mass is 10.1. The van der Waals surface area contributed by atoms with Crippen LogP contribution in [0.15, 0.2) is 48.5 Å². The van der Waals surface area contributed by atoms with Gasteiger partial charge in [-0.2, -0.15) is 4.98 Å². The summed E-state index contributed by atoms with van der Waals surface area (Å²) < 4.78 is 0. The van der Waals surface area contributed by atoms with Crippen LogP contribution in [0.5, 0.6) is 0 Å². The number of nitrogens with one attached hydrogen (secondary N) is 2. The quantitative estimate of drug-likeness (QED) is 0.683. The Labute approximate surface area is 155 Å². The van der Waals surface area contributed by atoms with Gasteiger partial charge >= 0.3 is 0 Å². The van der Waals surface area contributed by atoms with E-state index in [1.807, 2.05) is 39.2 Å². The maximum absolute atomic E-state index is 4.60. The Balaban J connectivity index is 1.81. The SMILES string of the molecule is Cc1ccc(Nc2cc(C)nc(Nc3ccc(N(C)C)cc3)n2)c(C)c1. The number of anilines is 5. The molecular weight excluding hydrogens is 322 g/mol. The number of rotatable bonds is 5. The summed E-state index contributed by atoms with van der Waals surface area (Å²) in [5.74, 6) is 1.35. The molecule has 0 unspecified atom stereocenters. The molecule has 0 saturated carbocycles. The summed E-state index contributed by atoms with van der Waals surface area (Å²) in [6, 6.07) is 16.4. The van der Waals surface area contributed by atoms with E-state index in [0.29, 0.717) is 5.95 Å². The van der Waals surface area contributed by atoms with Gasteiger partial charge in [-0.1, -0.05) is 17.7 Å². The summed E-state index contributed by atoms with van der Waals surface area (Å²) in [4.78, 5) is 11.2. The minimum absolute atomic E-state index is 0.579. The standard InChI is InChI=1S/C21H25N5/c1-14-6-11-19(15(2)12-14)24-20-13-16(3)22-21(25-20)23-17-7-9-18(10-8-17)26(4)5/h6-13H,1-5H3,(H2,22,23,24,25). The molecule has 3 rings (SSSR count). The average molecular weight is 347 g/mol. The molecule has 2 N–H and O–H groups in total. The lowest BCUT2D eigenvalue weighted by molar-refractivity contribution is 1.10. The summed E-state index contributed by atoms with van der Waals surface area (Å²) in [5.41, 5.74) is 6.50. The minimum Gasteiger partial charge on any atom is -0.378 e. The molecule has 0 atom stereocenters. The van der Waals surface area contributed by atoms with Gasteiger partial charge in [-0.25, -0.2) is 4.98 Å².